The van der Waals surface area contributed by atoms with Crippen molar-refractivity contribution in [3.63, 3.8) is 0 Å². The second kappa shape index (κ2) is 9.18. The Kier molecular flexibility index (Phi) is 6.91. The van der Waals surface area contributed by atoms with Gasteiger partial charge in [0.1, 0.15) is 12.4 Å². The van der Waals surface area contributed by atoms with Gasteiger partial charge < -0.3 is 15.2 Å². The molecule has 0 fully saturated rings. The second-order valence-corrected chi connectivity index (χ2v) is 5.46. The number of nitrogens with one attached hydrogen (secondary N) is 1. The van der Waals surface area contributed by atoms with E-state index in [9.17, 15) is 4.79 Å². The molecule has 23 heavy (non-hydrogen) atoms. The Balaban J connectivity index is 1.84. The smallest absolute Gasteiger partial charge is 0.220 e. The van der Waals surface area contributed by atoms with Gasteiger partial charge in [-0.2, -0.15) is 0 Å². The van der Waals surface area contributed by atoms with Crippen LogP contribution in [0, 0.1) is 0 Å². The summed E-state index contributed by atoms with van der Waals surface area (Å²) in [6.45, 7) is 0.582. The third kappa shape index (κ3) is 5.58. The van der Waals surface area contributed by atoms with Crippen LogP contribution in [-0.2, 0) is 17.8 Å². The van der Waals surface area contributed by atoms with Gasteiger partial charge in [0, 0.05) is 23.6 Å². The van der Waals surface area contributed by atoms with E-state index in [0.29, 0.717) is 30.2 Å². The van der Waals surface area contributed by atoms with E-state index in [4.69, 9.17) is 21.4 Å². The summed E-state index contributed by atoms with van der Waals surface area (Å²) in [6, 6.07) is 15.0. The predicted octanol–water partition coefficient (Wildman–Crippen LogP) is 2.96. The number of para-hydroxylation sites is 1. The van der Waals surface area contributed by atoms with Gasteiger partial charge in [-0.25, -0.2) is 0 Å². The van der Waals surface area contributed by atoms with E-state index in [1.165, 1.54) is 0 Å². The molecule has 5 heteroatoms. The molecule has 0 saturated heterocycles. The third-order valence-electron chi connectivity index (χ3n) is 3.38. The average molecular weight is 334 g/mol. The van der Waals surface area contributed by atoms with Crippen LogP contribution in [0.2, 0.25) is 5.02 Å². The maximum absolute atomic E-state index is 12.0. The summed E-state index contributed by atoms with van der Waals surface area (Å²) in [5.41, 5.74) is 1.85. The summed E-state index contributed by atoms with van der Waals surface area (Å²) in [4.78, 5) is 12.0. The molecule has 0 bridgehead atoms. The molecule has 0 heterocycles. The number of hydrogen-bond donors (Lipinski definition) is 2. The number of amides is 1. The molecule has 1 amide bonds. The molecule has 4 nitrogen and oxygen atoms in total. The van der Waals surface area contributed by atoms with Crippen LogP contribution in [0.25, 0.3) is 0 Å². The quantitative estimate of drug-likeness (QED) is 0.781. The maximum atomic E-state index is 12.0. The molecule has 2 N–H and O–H groups in total. The van der Waals surface area contributed by atoms with E-state index in [0.717, 1.165) is 11.1 Å². The second-order valence-electron chi connectivity index (χ2n) is 5.05. The van der Waals surface area contributed by atoms with E-state index in [2.05, 4.69) is 5.32 Å². The van der Waals surface area contributed by atoms with Crippen LogP contribution in [0.15, 0.2) is 48.5 Å². The minimum Gasteiger partial charge on any atom is -0.491 e. The van der Waals surface area contributed by atoms with Gasteiger partial charge in [-0.05, 0) is 24.1 Å². The topological polar surface area (TPSA) is 58.6 Å². The van der Waals surface area contributed by atoms with Gasteiger partial charge in [0.2, 0.25) is 5.91 Å². The Morgan fingerprint density at radius 2 is 1.78 bits per heavy atom. The molecule has 2 rings (SSSR count). The van der Waals surface area contributed by atoms with Crippen molar-refractivity contribution >= 4 is 17.5 Å². The van der Waals surface area contributed by atoms with Gasteiger partial charge >= 0.3 is 0 Å². The van der Waals surface area contributed by atoms with Gasteiger partial charge in [-0.1, -0.05) is 48.0 Å². The molecule has 2 aromatic rings. The molecule has 122 valence electrons. The number of ether oxygens (including phenoxy) is 1. The van der Waals surface area contributed by atoms with Crippen molar-refractivity contribution in [1.82, 2.24) is 5.32 Å². The van der Waals surface area contributed by atoms with Crippen molar-refractivity contribution in [2.75, 3.05) is 13.2 Å². The molecule has 0 aliphatic heterocycles. The molecule has 0 aliphatic rings. The minimum atomic E-state index is -0.0431. The fourth-order valence-electron chi connectivity index (χ4n) is 2.18. The van der Waals surface area contributed by atoms with Crippen LogP contribution in [0.1, 0.15) is 17.5 Å². The fourth-order valence-corrected chi connectivity index (χ4v) is 2.41. The van der Waals surface area contributed by atoms with Crippen LogP contribution in [0.3, 0.4) is 0 Å². The SMILES string of the molecule is O=C(CCc1ccccc1Cl)NCc1ccccc1OCCO. The molecule has 0 atom stereocenters. The molecular formula is C18H20ClNO3. The van der Waals surface area contributed by atoms with E-state index in [1.54, 1.807) is 0 Å². The zero-order valence-corrected chi connectivity index (χ0v) is 13.6. The molecule has 0 spiro atoms. The van der Waals surface area contributed by atoms with Gasteiger partial charge in [-0.3, -0.25) is 4.79 Å². The molecule has 0 aliphatic carbocycles. The molecular weight excluding hydrogens is 314 g/mol. The van der Waals surface area contributed by atoms with Gasteiger partial charge in [0.25, 0.3) is 0 Å². The number of aryl methyl sites for hydroxylation is 1. The van der Waals surface area contributed by atoms with Crippen molar-refractivity contribution in [3.05, 3.63) is 64.7 Å². The molecule has 0 saturated carbocycles. The van der Waals surface area contributed by atoms with Gasteiger partial charge in [0.15, 0.2) is 0 Å². The molecule has 0 radical (unpaired) electrons. The highest BCUT2D eigenvalue weighted by atomic mass is 35.5. The minimum absolute atomic E-state index is 0.0399. The lowest BCUT2D eigenvalue weighted by atomic mass is 10.1. The first kappa shape index (κ1) is 17.3. The first-order chi connectivity index (χ1) is 11.2. The standard InChI is InChI=1S/C18H20ClNO3/c19-16-7-3-1-5-14(16)9-10-18(22)20-13-15-6-2-4-8-17(15)23-12-11-21/h1-8,21H,9-13H2,(H,20,22). The van der Waals surface area contributed by atoms with Crippen LogP contribution in [0.5, 0.6) is 5.75 Å². The number of benzene rings is 2. The molecule has 0 aromatic heterocycles. The maximum Gasteiger partial charge on any atom is 0.220 e. The number of rotatable bonds is 8. The Bertz CT molecular complexity index is 646. The zero-order chi connectivity index (χ0) is 16.5. The summed E-state index contributed by atoms with van der Waals surface area (Å²) >= 11 is 6.08. The number of carbonyl (C=O) groups is 1. The highest BCUT2D eigenvalue weighted by Gasteiger charge is 2.07. The first-order valence-corrected chi connectivity index (χ1v) is 7.90. The van der Waals surface area contributed by atoms with Gasteiger partial charge in [-0.15, -0.1) is 0 Å². The monoisotopic (exact) mass is 333 g/mol. The Morgan fingerprint density at radius 1 is 1.09 bits per heavy atom. The average Bonchev–Trinajstić information content (AvgIpc) is 2.58. The number of carbonyl (C=O) groups excluding carboxylic acids is 1. The Morgan fingerprint density at radius 3 is 2.52 bits per heavy atom. The lowest BCUT2D eigenvalue weighted by Gasteiger charge is -2.11. The number of hydrogen-bond acceptors (Lipinski definition) is 3. The third-order valence-corrected chi connectivity index (χ3v) is 3.75. The number of aliphatic hydroxyl groups is 1. The lowest BCUT2D eigenvalue weighted by Crippen LogP contribution is -2.23. The summed E-state index contributed by atoms with van der Waals surface area (Å²) in [5.74, 6) is 0.634. The van der Waals surface area contributed by atoms with E-state index in [1.807, 2.05) is 48.5 Å². The highest BCUT2D eigenvalue weighted by Crippen LogP contribution is 2.18. The highest BCUT2D eigenvalue weighted by molar-refractivity contribution is 6.31. The van der Waals surface area contributed by atoms with Crippen LogP contribution < -0.4 is 10.1 Å². The van der Waals surface area contributed by atoms with Crippen LogP contribution >= 0.6 is 11.6 Å². The number of halogens is 1. The van der Waals surface area contributed by atoms with Crippen LogP contribution in [-0.4, -0.2) is 24.2 Å². The number of aliphatic hydroxyl groups excluding tert-OH is 1. The Hall–Kier alpha value is -2.04. The van der Waals surface area contributed by atoms with Crippen molar-refractivity contribution in [3.8, 4) is 5.75 Å². The fraction of sp³-hybridized carbons (Fsp3) is 0.278. The van der Waals surface area contributed by atoms with Crippen molar-refractivity contribution in [2.45, 2.75) is 19.4 Å². The van der Waals surface area contributed by atoms with E-state index >= 15 is 0 Å². The van der Waals surface area contributed by atoms with Gasteiger partial charge in [0.05, 0.1) is 6.61 Å². The largest absolute Gasteiger partial charge is 0.491 e. The normalized spacial score (nSPS) is 10.3. The van der Waals surface area contributed by atoms with Crippen molar-refractivity contribution in [1.29, 1.82) is 0 Å². The Labute approximate surface area is 141 Å². The summed E-state index contributed by atoms with van der Waals surface area (Å²) in [5, 5.41) is 12.4. The molecule has 0 unspecified atom stereocenters. The summed E-state index contributed by atoms with van der Waals surface area (Å²) in [7, 11) is 0. The summed E-state index contributed by atoms with van der Waals surface area (Å²) < 4.78 is 5.44. The summed E-state index contributed by atoms with van der Waals surface area (Å²) in [6.07, 6.45) is 0.984. The van der Waals surface area contributed by atoms with Crippen molar-refractivity contribution < 1.29 is 14.6 Å². The lowest BCUT2D eigenvalue weighted by molar-refractivity contribution is -0.121. The predicted molar refractivity (Wildman–Crippen MR) is 90.6 cm³/mol. The van der Waals surface area contributed by atoms with Crippen LogP contribution in [0.4, 0.5) is 0 Å². The first-order valence-electron chi connectivity index (χ1n) is 7.52. The van der Waals surface area contributed by atoms with Crippen molar-refractivity contribution in [2.24, 2.45) is 0 Å². The zero-order valence-electron chi connectivity index (χ0n) is 12.8. The van der Waals surface area contributed by atoms with E-state index < -0.39 is 0 Å². The van der Waals surface area contributed by atoms with E-state index in [-0.39, 0.29) is 19.1 Å². The molecule has 2 aromatic carbocycles.